The van der Waals surface area contributed by atoms with Crippen LogP contribution in [0.25, 0.3) is 0 Å². The van der Waals surface area contributed by atoms with Crippen LogP contribution in [0.1, 0.15) is 29.1 Å². The topological polar surface area (TPSA) is 24.9 Å². The van der Waals surface area contributed by atoms with Gasteiger partial charge in [-0.25, -0.2) is 4.98 Å². The second-order valence-corrected chi connectivity index (χ2v) is 6.57. The smallest absolute Gasteiger partial charge is 0.0972 e. The van der Waals surface area contributed by atoms with Crippen LogP contribution in [0.4, 0.5) is 0 Å². The predicted molar refractivity (Wildman–Crippen MR) is 81.2 cm³/mol. The fraction of sp³-hybridized carbons (Fsp3) is 0.357. The van der Waals surface area contributed by atoms with Gasteiger partial charge in [0.1, 0.15) is 0 Å². The highest BCUT2D eigenvalue weighted by Gasteiger charge is 2.20. The number of rotatable bonds is 5. The molecule has 1 heterocycles. The van der Waals surface area contributed by atoms with Crippen LogP contribution in [0.2, 0.25) is 10.0 Å². The van der Waals surface area contributed by atoms with E-state index in [1.165, 1.54) is 12.8 Å². The summed E-state index contributed by atoms with van der Waals surface area (Å²) in [6.45, 7) is 0.878. The van der Waals surface area contributed by atoms with E-state index in [1.807, 2.05) is 18.2 Å². The van der Waals surface area contributed by atoms with Crippen molar-refractivity contribution in [2.45, 2.75) is 31.8 Å². The van der Waals surface area contributed by atoms with Crippen molar-refractivity contribution >= 4 is 34.5 Å². The standard InChI is InChI=1S/C14H14Cl2N2S/c15-12-4-1-9(5-13(12)16)6-14-18-11(8-19-14)7-17-10-2-3-10/h1,4-5,8,10,17H,2-3,6-7H2. The van der Waals surface area contributed by atoms with E-state index in [1.54, 1.807) is 11.3 Å². The van der Waals surface area contributed by atoms with Crippen molar-refractivity contribution in [3.63, 3.8) is 0 Å². The minimum absolute atomic E-state index is 0.596. The lowest BCUT2D eigenvalue weighted by molar-refractivity contribution is 0.676. The second kappa shape index (κ2) is 5.80. The molecule has 0 spiro atoms. The third-order valence-electron chi connectivity index (χ3n) is 3.09. The molecule has 1 aliphatic rings. The SMILES string of the molecule is Clc1ccc(Cc2nc(CNC3CC3)cs2)cc1Cl. The van der Waals surface area contributed by atoms with E-state index in [2.05, 4.69) is 15.7 Å². The van der Waals surface area contributed by atoms with Crippen molar-refractivity contribution in [3.8, 4) is 0 Å². The summed E-state index contributed by atoms with van der Waals surface area (Å²) in [4.78, 5) is 4.64. The molecule has 1 aromatic carbocycles. The van der Waals surface area contributed by atoms with Gasteiger partial charge in [0.05, 0.1) is 20.7 Å². The van der Waals surface area contributed by atoms with E-state index in [0.29, 0.717) is 10.0 Å². The number of hydrogen-bond acceptors (Lipinski definition) is 3. The number of halogens is 2. The molecule has 0 aliphatic heterocycles. The van der Waals surface area contributed by atoms with Crippen LogP contribution < -0.4 is 5.32 Å². The zero-order valence-electron chi connectivity index (χ0n) is 10.3. The van der Waals surface area contributed by atoms with E-state index in [4.69, 9.17) is 23.2 Å². The van der Waals surface area contributed by atoms with E-state index >= 15 is 0 Å². The van der Waals surface area contributed by atoms with Crippen LogP contribution in [-0.4, -0.2) is 11.0 Å². The normalized spacial score (nSPS) is 14.8. The molecule has 0 amide bonds. The molecule has 5 heteroatoms. The molecule has 0 atom stereocenters. The summed E-state index contributed by atoms with van der Waals surface area (Å²) in [7, 11) is 0. The first-order valence-corrected chi connectivity index (χ1v) is 7.95. The van der Waals surface area contributed by atoms with Gasteiger partial charge in [-0.1, -0.05) is 29.3 Å². The van der Waals surface area contributed by atoms with Gasteiger partial charge in [-0.05, 0) is 30.5 Å². The minimum atomic E-state index is 0.596. The van der Waals surface area contributed by atoms with Gasteiger partial charge in [-0.3, -0.25) is 0 Å². The highest BCUT2D eigenvalue weighted by Crippen LogP contribution is 2.25. The second-order valence-electron chi connectivity index (χ2n) is 4.81. The van der Waals surface area contributed by atoms with E-state index in [9.17, 15) is 0 Å². The fourth-order valence-electron chi connectivity index (χ4n) is 1.87. The molecule has 0 unspecified atom stereocenters. The largest absolute Gasteiger partial charge is 0.308 e. The van der Waals surface area contributed by atoms with Gasteiger partial charge in [0, 0.05) is 24.4 Å². The molecule has 1 saturated carbocycles. The third-order valence-corrected chi connectivity index (χ3v) is 4.72. The molecule has 100 valence electrons. The van der Waals surface area contributed by atoms with Gasteiger partial charge in [0.2, 0.25) is 0 Å². The van der Waals surface area contributed by atoms with Crippen molar-refractivity contribution < 1.29 is 0 Å². The highest BCUT2D eigenvalue weighted by molar-refractivity contribution is 7.09. The molecule has 1 N–H and O–H groups in total. The van der Waals surface area contributed by atoms with Gasteiger partial charge in [-0.2, -0.15) is 0 Å². The molecule has 19 heavy (non-hydrogen) atoms. The molecule has 3 rings (SSSR count). The number of thiazole rings is 1. The lowest BCUT2D eigenvalue weighted by atomic mass is 10.2. The molecular weight excluding hydrogens is 299 g/mol. The molecule has 0 bridgehead atoms. The number of aromatic nitrogens is 1. The van der Waals surface area contributed by atoms with E-state index in [0.717, 1.165) is 35.3 Å². The number of benzene rings is 1. The van der Waals surface area contributed by atoms with Crippen LogP contribution in [-0.2, 0) is 13.0 Å². The van der Waals surface area contributed by atoms with Gasteiger partial charge >= 0.3 is 0 Å². The lowest BCUT2D eigenvalue weighted by Crippen LogP contribution is -2.15. The Morgan fingerprint density at radius 2 is 2.11 bits per heavy atom. The molecule has 1 aliphatic carbocycles. The third kappa shape index (κ3) is 3.69. The quantitative estimate of drug-likeness (QED) is 0.890. The Morgan fingerprint density at radius 3 is 2.84 bits per heavy atom. The van der Waals surface area contributed by atoms with Crippen molar-refractivity contribution in [1.82, 2.24) is 10.3 Å². The number of nitrogens with zero attached hydrogens (tertiary/aromatic N) is 1. The summed E-state index contributed by atoms with van der Waals surface area (Å²) < 4.78 is 0. The van der Waals surface area contributed by atoms with E-state index < -0.39 is 0 Å². The number of hydrogen-bond donors (Lipinski definition) is 1. The monoisotopic (exact) mass is 312 g/mol. The van der Waals surface area contributed by atoms with Crippen molar-refractivity contribution in [2.75, 3.05) is 0 Å². The Hall–Kier alpha value is -0.610. The van der Waals surface area contributed by atoms with Crippen LogP contribution in [0, 0.1) is 0 Å². The van der Waals surface area contributed by atoms with Gasteiger partial charge in [0.25, 0.3) is 0 Å². The van der Waals surface area contributed by atoms with E-state index in [-0.39, 0.29) is 0 Å². The zero-order chi connectivity index (χ0) is 13.2. The average molecular weight is 313 g/mol. The molecule has 0 radical (unpaired) electrons. The van der Waals surface area contributed by atoms with Crippen LogP contribution in [0.5, 0.6) is 0 Å². The Balaban J connectivity index is 1.63. The van der Waals surface area contributed by atoms with Gasteiger partial charge in [-0.15, -0.1) is 11.3 Å². The molecule has 2 nitrogen and oxygen atoms in total. The molecule has 2 aromatic rings. The summed E-state index contributed by atoms with van der Waals surface area (Å²) in [5.74, 6) is 0. The Kier molecular flexibility index (Phi) is 4.08. The van der Waals surface area contributed by atoms with Gasteiger partial charge in [0.15, 0.2) is 0 Å². The first-order valence-electron chi connectivity index (χ1n) is 6.31. The van der Waals surface area contributed by atoms with Gasteiger partial charge < -0.3 is 5.32 Å². The first-order chi connectivity index (χ1) is 9.20. The zero-order valence-corrected chi connectivity index (χ0v) is 12.7. The molecule has 1 aromatic heterocycles. The number of nitrogens with one attached hydrogen (secondary N) is 1. The maximum atomic E-state index is 6.02. The summed E-state index contributed by atoms with van der Waals surface area (Å²) in [5, 5.41) is 7.92. The van der Waals surface area contributed by atoms with Crippen molar-refractivity contribution in [1.29, 1.82) is 0 Å². The molecule has 0 saturated heterocycles. The minimum Gasteiger partial charge on any atom is -0.308 e. The van der Waals surface area contributed by atoms with Crippen LogP contribution in [0.15, 0.2) is 23.6 Å². The molecular formula is C14H14Cl2N2S. The Bertz CT molecular complexity index is 579. The average Bonchev–Trinajstić information content (AvgIpc) is 3.12. The Labute approximate surface area is 126 Å². The van der Waals surface area contributed by atoms with Crippen molar-refractivity contribution in [3.05, 3.63) is 49.9 Å². The summed E-state index contributed by atoms with van der Waals surface area (Å²) in [5.41, 5.74) is 2.28. The maximum absolute atomic E-state index is 6.02. The fourth-order valence-corrected chi connectivity index (χ4v) is 3.02. The highest BCUT2D eigenvalue weighted by atomic mass is 35.5. The van der Waals surface area contributed by atoms with Crippen molar-refractivity contribution in [2.24, 2.45) is 0 Å². The first kappa shape index (κ1) is 13.4. The lowest BCUT2D eigenvalue weighted by Gasteiger charge is -2.01. The predicted octanol–water partition coefficient (Wildman–Crippen LogP) is 4.29. The summed E-state index contributed by atoms with van der Waals surface area (Å²) in [6.07, 6.45) is 3.42. The van der Waals surface area contributed by atoms with Crippen LogP contribution >= 0.6 is 34.5 Å². The van der Waals surface area contributed by atoms with Crippen LogP contribution in [0.3, 0.4) is 0 Å². The molecule has 1 fully saturated rings. The summed E-state index contributed by atoms with van der Waals surface area (Å²) >= 11 is 13.6. The maximum Gasteiger partial charge on any atom is 0.0972 e. The summed E-state index contributed by atoms with van der Waals surface area (Å²) in [6, 6.07) is 6.47. The Morgan fingerprint density at radius 1 is 1.26 bits per heavy atom.